The highest BCUT2D eigenvalue weighted by atomic mass is 35.5. The topological polar surface area (TPSA) is 12.4 Å². The maximum atomic E-state index is 6.32. The van der Waals surface area contributed by atoms with Gasteiger partial charge in [-0.1, -0.05) is 97.7 Å². The van der Waals surface area contributed by atoms with Gasteiger partial charge in [-0.2, -0.15) is 0 Å². The summed E-state index contributed by atoms with van der Waals surface area (Å²) >= 11 is 18.0. The van der Waals surface area contributed by atoms with E-state index in [9.17, 15) is 0 Å². The standard InChI is InChI=1S/C32H31Cl2NS3/c1-22-11-15-26(16-12-22)35-30(36-27-17-13-23(14-18-27)32(2,3)4)21-31(37-28-9-5-7-24(33)19-28)38-29-10-6-8-25(34)20-29/h5-20,31H,21H2,1-4H3. The molecule has 0 aliphatic carbocycles. The second kappa shape index (κ2) is 13.5. The molecule has 0 aliphatic rings. The summed E-state index contributed by atoms with van der Waals surface area (Å²) in [7, 11) is 0. The van der Waals surface area contributed by atoms with Crippen molar-refractivity contribution in [3.8, 4) is 0 Å². The lowest BCUT2D eigenvalue weighted by Gasteiger charge is -2.20. The van der Waals surface area contributed by atoms with Gasteiger partial charge in [-0.15, -0.1) is 23.5 Å². The molecule has 0 spiro atoms. The zero-order valence-electron chi connectivity index (χ0n) is 21.9. The Labute approximate surface area is 249 Å². The van der Waals surface area contributed by atoms with E-state index in [1.165, 1.54) is 16.0 Å². The number of benzene rings is 4. The molecule has 0 saturated heterocycles. The summed E-state index contributed by atoms with van der Waals surface area (Å²) in [5.74, 6) is 0. The van der Waals surface area contributed by atoms with Crippen molar-refractivity contribution >= 4 is 69.2 Å². The molecule has 0 N–H and O–H groups in total. The Balaban J connectivity index is 1.65. The molecule has 0 fully saturated rings. The third kappa shape index (κ3) is 9.14. The quantitative estimate of drug-likeness (QED) is 0.0869. The molecule has 38 heavy (non-hydrogen) atoms. The lowest BCUT2D eigenvalue weighted by molar-refractivity contribution is 0.590. The van der Waals surface area contributed by atoms with Crippen molar-refractivity contribution in [2.45, 2.75) is 58.8 Å². The first-order chi connectivity index (χ1) is 18.1. The second-order valence-electron chi connectivity index (χ2n) is 10.0. The summed E-state index contributed by atoms with van der Waals surface area (Å²) < 4.78 is 0.164. The van der Waals surface area contributed by atoms with Gasteiger partial charge in [-0.3, -0.25) is 0 Å². The molecule has 0 amide bonds. The lowest BCUT2D eigenvalue weighted by atomic mass is 9.87. The van der Waals surface area contributed by atoms with Gasteiger partial charge < -0.3 is 0 Å². The van der Waals surface area contributed by atoms with Crippen LogP contribution in [0.25, 0.3) is 0 Å². The summed E-state index contributed by atoms with van der Waals surface area (Å²) in [5, 5.41) is 2.54. The van der Waals surface area contributed by atoms with Crippen LogP contribution < -0.4 is 0 Å². The van der Waals surface area contributed by atoms with Crippen LogP contribution in [0.1, 0.15) is 38.3 Å². The molecule has 4 aromatic rings. The summed E-state index contributed by atoms with van der Waals surface area (Å²) in [4.78, 5) is 8.57. The number of hydrogen-bond donors (Lipinski definition) is 0. The smallest absolute Gasteiger partial charge is 0.0806 e. The van der Waals surface area contributed by atoms with Crippen LogP contribution in [-0.4, -0.2) is 9.63 Å². The molecule has 4 rings (SSSR count). The van der Waals surface area contributed by atoms with Crippen LogP contribution in [-0.2, 0) is 5.41 Å². The Morgan fingerprint density at radius 2 is 1.29 bits per heavy atom. The fourth-order valence-corrected chi connectivity index (χ4v) is 7.99. The van der Waals surface area contributed by atoms with Gasteiger partial charge in [0, 0.05) is 31.2 Å². The minimum absolute atomic E-state index is 0.119. The van der Waals surface area contributed by atoms with E-state index in [0.29, 0.717) is 0 Å². The first-order valence-electron chi connectivity index (χ1n) is 12.4. The van der Waals surface area contributed by atoms with E-state index in [1.54, 1.807) is 35.3 Å². The highest BCUT2D eigenvalue weighted by molar-refractivity contribution is 8.17. The minimum Gasteiger partial charge on any atom is -0.246 e. The van der Waals surface area contributed by atoms with Gasteiger partial charge >= 0.3 is 0 Å². The first-order valence-corrected chi connectivity index (χ1v) is 15.7. The predicted octanol–water partition coefficient (Wildman–Crippen LogP) is 11.7. The van der Waals surface area contributed by atoms with Crippen LogP contribution in [0.2, 0.25) is 10.0 Å². The van der Waals surface area contributed by atoms with E-state index in [0.717, 1.165) is 37.0 Å². The highest BCUT2D eigenvalue weighted by Crippen LogP contribution is 2.41. The molecule has 0 bridgehead atoms. The number of thioether (sulfide) groups is 3. The molecule has 0 radical (unpaired) electrons. The van der Waals surface area contributed by atoms with Crippen molar-refractivity contribution in [2.24, 2.45) is 4.99 Å². The molecule has 1 nitrogen and oxygen atoms in total. The van der Waals surface area contributed by atoms with Gasteiger partial charge in [-0.25, -0.2) is 4.99 Å². The van der Waals surface area contributed by atoms with E-state index < -0.39 is 0 Å². The molecule has 0 heterocycles. The molecule has 0 aliphatic heterocycles. The Kier molecular flexibility index (Phi) is 10.4. The molecule has 6 heteroatoms. The van der Waals surface area contributed by atoms with Crippen molar-refractivity contribution in [1.82, 2.24) is 0 Å². The SMILES string of the molecule is Cc1ccc(N=C(CC(Sc2cccc(Cl)c2)Sc2cccc(Cl)c2)Sc2ccc(C(C)(C)C)cc2)cc1. The third-order valence-corrected chi connectivity index (χ3v) is 9.67. The maximum Gasteiger partial charge on any atom is 0.0806 e. The normalized spacial score (nSPS) is 12.2. The van der Waals surface area contributed by atoms with Crippen LogP contribution in [0.3, 0.4) is 0 Å². The minimum atomic E-state index is 0.119. The fraction of sp³-hybridized carbons (Fsp3) is 0.219. The first kappa shape index (κ1) is 29.2. The van der Waals surface area contributed by atoms with Crippen LogP contribution in [0.4, 0.5) is 5.69 Å². The van der Waals surface area contributed by atoms with Gasteiger partial charge in [0.2, 0.25) is 0 Å². The largest absolute Gasteiger partial charge is 0.246 e. The van der Waals surface area contributed by atoms with Gasteiger partial charge in [-0.05, 0) is 78.6 Å². The summed E-state index contributed by atoms with van der Waals surface area (Å²) in [6.45, 7) is 8.82. The van der Waals surface area contributed by atoms with Gasteiger partial charge in [0.25, 0.3) is 0 Å². The summed E-state index contributed by atoms with van der Waals surface area (Å²) in [6.07, 6.45) is 0.772. The molecule has 0 unspecified atom stereocenters. The van der Waals surface area contributed by atoms with Gasteiger partial charge in [0.15, 0.2) is 0 Å². The van der Waals surface area contributed by atoms with Crippen molar-refractivity contribution in [1.29, 1.82) is 0 Å². The van der Waals surface area contributed by atoms with Crippen LogP contribution in [0.15, 0.2) is 117 Å². The zero-order chi connectivity index (χ0) is 27.1. The highest BCUT2D eigenvalue weighted by Gasteiger charge is 2.19. The van der Waals surface area contributed by atoms with Crippen LogP contribution in [0, 0.1) is 6.92 Å². The summed E-state index contributed by atoms with van der Waals surface area (Å²) in [6, 6.07) is 33.3. The number of aryl methyl sites for hydroxylation is 1. The van der Waals surface area contributed by atoms with Gasteiger partial charge in [0.05, 0.1) is 15.3 Å². The Hall–Kier alpha value is -1.82. The fourth-order valence-electron chi connectivity index (χ4n) is 3.67. The molecular formula is C32H31Cl2NS3. The lowest BCUT2D eigenvalue weighted by Crippen LogP contribution is -2.10. The van der Waals surface area contributed by atoms with Crippen LogP contribution >= 0.6 is 58.5 Å². The van der Waals surface area contributed by atoms with E-state index in [1.807, 2.05) is 36.4 Å². The van der Waals surface area contributed by atoms with E-state index in [2.05, 4.69) is 88.4 Å². The third-order valence-electron chi connectivity index (χ3n) is 5.71. The monoisotopic (exact) mass is 595 g/mol. The molecule has 4 aromatic carbocycles. The Morgan fingerprint density at radius 1 is 0.737 bits per heavy atom. The Bertz CT molecular complexity index is 1330. The van der Waals surface area contributed by atoms with E-state index in [-0.39, 0.29) is 10.00 Å². The Morgan fingerprint density at radius 3 is 1.79 bits per heavy atom. The number of halogens is 2. The molecule has 196 valence electrons. The van der Waals surface area contributed by atoms with Crippen molar-refractivity contribution in [2.75, 3.05) is 0 Å². The van der Waals surface area contributed by atoms with Crippen molar-refractivity contribution in [3.05, 3.63) is 118 Å². The van der Waals surface area contributed by atoms with Crippen molar-refractivity contribution in [3.63, 3.8) is 0 Å². The van der Waals surface area contributed by atoms with E-state index >= 15 is 0 Å². The van der Waals surface area contributed by atoms with E-state index in [4.69, 9.17) is 28.2 Å². The average Bonchev–Trinajstić information content (AvgIpc) is 2.85. The number of rotatable bonds is 8. The molecular weight excluding hydrogens is 565 g/mol. The number of hydrogen-bond acceptors (Lipinski definition) is 4. The molecule has 0 aromatic heterocycles. The predicted molar refractivity (Wildman–Crippen MR) is 172 cm³/mol. The van der Waals surface area contributed by atoms with Crippen LogP contribution in [0.5, 0.6) is 0 Å². The maximum absolute atomic E-state index is 6.32. The average molecular weight is 597 g/mol. The van der Waals surface area contributed by atoms with Crippen molar-refractivity contribution < 1.29 is 0 Å². The number of aliphatic imine (C=N–C) groups is 1. The molecule has 0 saturated carbocycles. The number of nitrogens with zero attached hydrogens (tertiary/aromatic N) is 1. The molecule has 0 atom stereocenters. The zero-order valence-corrected chi connectivity index (χ0v) is 25.9. The van der Waals surface area contributed by atoms with Gasteiger partial charge in [0.1, 0.15) is 0 Å². The second-order valence-corrected chi connectivity index (χ2v) is 14.9. The summed E-state index contributed by atoms with van der Waals surface area (Å²) in [5.41, 5.74) is 3.63.